The highest BCUT2D eigenvalue weighted by molar-refractivity contribution is 5.80. The van der Waals surface area contributed by atoms with Gasteiger partial charge in [-0.2, -0.15) is 0 Å². The Bertz CT molecular complexity index is 647. The van der Waals surface area contributed by atoms with E-state index in [0.29, 0.717) is 6.04 Å². The van der Waals surface area contributed by atoms with Crippen LogP contribution in [0.25, 0.3) is 0 Å². The number of nitrogens with zero attached hydrogens (tertiary/aromatic N) is 2. The minimum absolute atomic E-state index is 0.183. The molecule has 1 aromatic rings. The van der Waals surface area contributed by atoms with Gasteiger partial charge in [0.15, 0.2) is 17.5 Å². The highest BCUT2D eigenvalue weighted by Gasteiger charge is 2.24. The van der Waals surface area contributed by atoms with Crippen LogP contribution in [0.2, 0.25) is 0 Å². The second-order valence-electron chi connectivity index (χ2n) is 7.77. The summed E-state index contributed by atoms with van der Waals surface area (Å²) in [7, 11) is 5.17. The number of aliphatic imine (C=N–C) groups is 1. The average molecular weight is 421 g/mol. The number of nitrogens with one attached hydrogen (secondary N) is 2. The fraction of sp³-hybridized carbons (Fsp3) is 0.696. The second kappa shape index (κ2) is 13.3. The van der Waals surface area contributed by atoms with Gasteiger partial charge in [-0.05, 0) is 31.0 Å². The smallest absolute Gasteiger partial charge is 0.191 e. The van der Waals surface area contributed by atoms with E-state index in [0.717, 1.165) is 56.7 Å². The number of unbranched alkanes of at least 4 members (excludes halogenated alkanes) is 2. The lowest BCUT2D eigenvalue weighted by Gasteiger charge is -2.35. The minimum atomic E-state index is 0.183. The Kier molecular flexibility index (Phi) is 10.8. The van der Waals surface area contributed by atoms with Gasteiger partial charge >= 0.3 is 0 Å². The van der Waals surface area contributed by atoms with E-state index in [-0.39, 0.29) is 6.04 Å². The first-order chi connectivity index (χ1) is 14.6. The third-order valence-corrected chi connectivity index (χ3v) is 5.59. The largest absolute Gasteiger partial charge is 0.493 e. The number of guanidine groups is 1. The fourth-order valence-corrected chi connectivity index (χ4v) is 3.80. The van der Waals surface area contributed by atoms with Crippen molar-refractivity contribution in [3.8, 4) is 11.5 Å². The molecule has 1 fully saturated rings. The normalized spacial score (nSPS) is 17.3. The number of methoxy groups -OCH3 is 2. The predicted molar refractivity (Wildman–Crippen MR) is 123 cm³/mol. The highest BCUT2D eigenvalue weighted by Crippen LogP contribution is 2.32. The molecule has 2 atom stereocenters. The Morgan fingerprint density at radius 3 is 2.53 bits per heavy atom. The molecule has 30 heavy (non-hydrogen) atoms. The van der Waals surface area contributed by atoms with Crippen molar-refractivity contribution >= 4 is 5.96 Å². The Balaban J connectivity index is 2.08. The molecule has 2 rings (SSSR count). The molecule has 0 spiro atoms. The number of rotatable bonds is 11. The molecule has 1 aliphatic heterocycles. The molecule has 0 aliphatic carbocycles. The number of hydrogen-bond acceptors (Lipinski definition) is 5. The first-order valence-corrected chi connectivity index (χ1v) is 11.1. The monoisotopic (exact) mass is 420 g/mol. The van der Waals surface area contributed by atoms with Gasteiger partial charge in [-0.25, -0.2) is 0 Å². The Morgan fingerprint density at radius 1 is 1.17 bits per heavy atom. The van der Waals surface area contributed by atoms with E-state index in [1.807, 2.05) is 13.1 Å². The van der Waals surface area contributed by atoms with Crippen molar-refractivity contribution in [2.24, 2.45) is 4.99 Å². The van der Waals surface area contributed by atoms with Crippen LogP contribution in [0.4, 0.5) is 0 Å². The standard InChI is InChI=1S/C23H40N4O3/c1-6-7-8-9-18(2)26-23(24-3)25-17-20(27-12-14-30-15-13-27)19-10-11-21(28-4)22(16-19)29-5/h10-11,16,18,20H,6-9,12-15,17H2,1-5H3,(H2,24,25,26). The molecule has 0 bridgehead atoms. The Morgan fingerprint density at radius 2 is 1.90 bits per heavy atom. The summed E-state index contributed by atoms with van der Waals surface area (Å²) in [6.07, 6.45) is 4.91. The summed E-state index contributed by atoms with van der Waals surface area (Å²) in [6.45, 7) is 8.52. The highest BCUT2D eigenvalue weighted by atomic mass is 16.5. The zero-order valence-electron chi connectivity index (χ0n) is 19.4. The van der Waals surface area contributed by atoms with Crippen molar-refractivity contribution in [3.63, 3.8) is 0 Å². The second-order valence-corrected chi connectivity index (χ2v) is 7.77. The molecule has 0 saturated carbocycles. The first-order valence-electron chi connectivity index (χ1n) is 11.1. The zero-order chi connectivity index (χ0) is 21.8. The van der Waals surface area contributed by atoms with Crippen LogP contribution in [0.15, 0.2) is 23.2 Å². The summed E-state index contributed by atoms with van der Waals surface area (Å²) in [5.41, 5.74) is 1.19. The van der Waals surface area contributed by atoms with Gasteiger partial charge in [-0.1, -0.05) is 32.3 Å². The van der Waals surface area contributed by atoms with Crippen LogP contribution >= 0.6 is 0 Å². The van der Waals surface area contributed by atoms with Crippen LogP contribution in [0.1, 0.15) is 51.1 Å². The lowest BCUT2D eigenvalue weighted by Crippen LogP contribution is -2.47. The van der Waals surface area contributed by atoms with Crippen molar-refractivity contribution < 1.29 is 14.2 Å². The van der Waals surface area contributed by atoms with E-state index >= 15 is 0 Å². The summed E-state index contributed by atoms with van der Waals surface area (Å²) in [5, 5.41) is 7.06. The molecule has 1 saturated heterocycles. The molecule has 7 nitrogen and oxygen atoms in total. The van der Waals surface area contributed by atoms with Crippen LogP contribution in [0, 0.1) is 0 Å². The van der Waals surface area contributed by atoms with E-state index in [1.54, 1.807) is 14.2 Å². The first kappa shape index (κ1) is 24.3. The van der Waals surface area contributed by atoms with Crippen molar-refractivity contribution in [2.75, 3.05) is 54.1 Å². The molecular formula is C23H40N4O3. The Hall–Kier alpha value is -1.99. The van der Waals surface area contributed by atoms with Gasteiger partial charge < -0.3 is 24.8 Å². The molecule has 170 valence electrons. The lowest BCUT2D eigenvalue weighted by atomic mass is 10.0. The molecule has 7 heteroatoms. The maximum atomic E-state index is 5.57. The minimum Gasteiger partial charge on any atom is -0.493 e. The summed E-state index contributed by atoms with van der Waals surface area (Å²) < 4.78 is 16.5. The maximum Gasteiger partial charge on any atom is 0.191 e. The number of morpholine rings is 1. The van der Waals surface area contributed by atoms with Gasteiger partial charge in [-0.15, -0.1) is 0 Å². The van der Waals surface area contributed by atoms with Gasteiger partial charge in [0, 0.05) is 32.7 Å². The average Bonchev–Trinajstić information content (AvgIpc) is 2.79. The summed E-state index contributed by atoms with van der Waals surface area (Å²) >= 11 is 0. The zero-order valence-corrected chi connectivity index (χ0v) is 19.4. The molecule has 1 aromatic carbocycles. The fourth-order valence-electron chi connectivity index (χ4n) is 3.80. The predicted octanol–water partition coefficient (Wildman–Crippen LogP) is 3.21. The third kappa shape index (κ3) is 7.36. The molecular weight excluding hydrogens is 380 g/mol. The lowest BCUT2D eigenvalue weighted by molar-refractivity contribution is 0.0169. The van der Waals surface area contributed by atoms with Crippen molar-refractivity contribution in [2.45, 2.75) is 51.6 Å². The molecule has 0 aromatic heterocycles. The quantitative estimate of drug-likeness (QED) is 0.326. The molecule has 1 aliphatic rings. The van der Waals surface area contributed by atoms with Crippen LogP contribution in [0.5, 0.6) is 11.5 Å². The summed E-state index contributed by atoms with van der Waals surface area (Å²) in [6, 6.07) is 6.75. The van der Waals surface area contributed by atoms with Crippen molar-refractivity contribution in [1.29, 1.82) is 0 Å². The van der Waals surface area contributed by atoms with Crippen LogP contribution < -0.4 is 20.1 Å². The molecule has 1 heterocycles. The van der Waals surface area contributed by atoms with Gasteiger partial charge in [0.25, 0.3) is 0 Å². The van der Waals surface area contributed by atoms with Gasteiger partial charge in [0.05, 0.1) is 33.5 Å². The topological polar surface area (TPSA) is 67.4 Å². The number of ether oxygens (including phenoxy) is 3. The van der Waals surface area contributed by atoms with E-state index in [1.165, 1.54) is 24.8 Å². The van der Waals surface area contributed by atoms with E-state index in [4.69, 9.17) is 14.2 Å². The third-order valence-electron chi connectivity index (χ3n) is 5.59. The maximum absolute atomic E-state index is 5.57. The number of hydrogen-bond donors (Lipinski definition) is 2. The summed E-state index contributed by atoms with van der Waals surface area (Å²) in [4.78, 5) is 6.89. The van der Waals surface area contributed by atoms with Crippen LogP contribution in [-0.2, 0) is 4.74 Å². The van der Waals surface area contributed by atoms with E-state index in [2.05, 4.69) is 46.5 Å². The van der Waals surface area contributed by atoms with E-state index in [9.17, 15) is 0 Å². The van der Waals surface area contributed by atoms with E-state index < -0.39 is 0 Å². The SMILES string of the molecule is CCCCCC(C)NC(=NC)NCC(c1ccc(OC)c(OC)c1)N1CCOCC1. The van der Waals surface area contributed by atoms with Gasteiger partial charge in [0.1, 0.15) is 0 Å². The number of benzene rings is 1. The Labute approximate surface area is 182 Å². The van der Waals surface area contributed by atoms with Crippen LogP contribution in [-0.4, -0.2) is 71.0 Å². The molecule has 2 unspecified atom stereocenters. The summed E-state index contributed by atoms with van der Waals surface area (Å²) in [5.74, 6) is 2.34. The van der Waals surface area contributed by atoms with Crippen molar-refractivity contribution in [3.05, 3.63) is 23.8 Å². The van der Waals surface area contributed by atoms with Gasteiger partial charge in [0.2, 0.25) is 0 Å². The van der Waals surface area contributed by atoms with Crippen LogP contribution in [0.3, 0.4) is 0 Å². The molecule has 0 radical (unpaired) electrons. The molecule has 2 N–H and O–H groups in total. The van der Waals surface area contributed by atoms with Crippen molar-refractivity contribution in [1.82, 2.24) is 15.5 Å². The van der Waals surface area contributed by atoms with Gasteiger partial charge in [-0.3, -0.25) is 9.89 Å². The molecule has 0 amide bonds.